The number of halogens is 2. The summed E-state index contributed by atoms with van der Waals surface area (Å²) in [5, 5.41) is 3.16. The van der Waals surface area contributed by atoms with Crippen LogP contribution >= 0.6 is 23.2 Å². The average molecular weight is 483 g/mol. The number of nitrogens with zero attached hydrogens (tertiary/aromatic N) is 1. The maximum absolute atomic E-state index is 12.9. The molecule has 1 aliphatic rings. The number of imide groups is 1. The molecule has 0 atom stereocenters. The lowest BCUT2D eigenvalue weighted by atomic mass is 10.1. The van der Waals surface area contributed by atoms with Gasteiger partial charge in [-0.1, -0.05) is 41.4 Å². The zero-order chi connectivity index (χ0) is 23.7. The van der Waals surface area contributed by atoms with Gasteiger partial charge in [0.05, 0.1) is 33.1 Å². The number of amides is 3. The summed E-state index contributed by atoms with van der Waals surface area (Å²) in [5.74, 6) is -2.44. The molecule has 1 heterocycles. The number of carbonyl (C=O) groups is 4. The minimum absolute atomic E-state index is 0.0371. The minimum atomic E-state index is -0.820. The Hall–Kier alpha value is -3.68. The van der Waals surface area contributed by atoms with Gasteiger partial charge >= 0.3 is 5.97 Å². The summed E-state index contributed by atoms with van der Waals surface area (Å²) < 4.78 is 5.05. The fraction of sp³-hybridized carbons (Fsp3) is 0.0833. The van der Waals surface area contributed by atoms with Crippen LogP contribution in [0.15, 0.2) is 60.7 Å². The second-order valence-corrected chi connectivity index (χ2v) is 8.08. The number of nitrogens with one attached hydrogen (secondary N) is 1. The number of anilines is 2. The molecule has 33 heavy (non-hydrogen) atoms. The van der Waals surface area contributed by atoms with Crippen molar-refractivity contribution < 1.29 is 23.9 Å². The number of benzene rings is 3. The van der Waals surface area contributed by atoms with Gasteiger partial charge in [0.1, 0.15) is 0 Å². The molecule has 3 amide bonds. The van der Waals surface area contributed by atoms with Crippen LogP contribution in [0.5, 0.6) is 0 Å². The number of fused-ring (bicyclic) bond motifs is 1. The van der Waals surface area contributed by atoms with Crippen molar-refractivity contribution in [1.82, 2.24) is 0 Å². The zero-order valence-electron chi connectivity index (χ0n) is 17.2. The van der Waals surface area contributed by atoms with Crippen molar-refractivity contribution in [3.63, 3.8) is 0 Å². The standard InChI is InChI=1S/C24H16Cl2N2O5/c1-13-4-2-3-5-20(13)28-22(30)16-8-6-14(10-17(16)23(28)31)24(32)33-12-21(29)27-19-11-15(25)7-9-18(19)26/h2-11H,12H2,1H3,(H,27,29). The predicted molar refractivity (Wildman–Crippen MR) is 124 cm³/mol. The average Bonchev–Trinajstić information content (AvgIpc) is 3.04. The second-order valence-electron chi connectivity index (χ2n) is 7.24. The van der Waals surface area contributed by atoms with Crippen LogP contribution in [0.4, 0.5) is 11.4 Å². The first-order chi connectivity index (χ1) is 15.8. The second kappa shape index (κ2) is 9.05. The number of hydrogen-bond donors (Lipinski definition) is 1. The highest BCUT2D eigenvalue weighted by Crippen LogP contribution is 2.31. The van der Waals surface area contributed by atoms with E-state index in [0.29, 0.717) is 10.7 Å². The van der Waals surface area contributed by atoms with Crippen LogP contribution in [0, 0.1) is 6.92 Å². The highest BCUT2D eigenvalue weighted by atomic mass is 35.5. The number of rotatable bonds is 5. The van der Waals surface area contributed by atoms with Gasteiger partial charge in [-0.2, -0.15) is 0 Å². The molecule has 4 rings (SSSR count). The fourth-order valence-corrected chi connectivity index (χ4v) is 3.73. The first-order valence-corrected chi connectivity index (χ1v) is 10.5. The largest absolute Gasteiger partial charge is 0.452 e. The molecule has 7 nitrogen and oxygen atoms in total. The molecular formula is C24H16Cl2N2O5. The van der Waals surface area contributed by atoms with E-state index in [9.17, 15) is 19.2 Å². The predicted octanol–water partition coefficient (Wildman–Crippen LogP) is 4.90. The van der Waals surface area contributed by atoms with E-state index in [-0.39, 0.29) is 27.4 Å². The number of esters is 1. The van der Waals surface area contributed by atoms with E-state index in [4.69, 9.17) is 27.9 Å². The van der Waals surface area contributed by atoms with E-state index in [1.54, 1.807) is 31.2 Å². The summed E-state index contributed by atoms with van der Waals surface area (Å²) in [6.07, 6.45) is 0. The van der Waals surface area contributed by atoms with Crippen molar-refractivity contribution in [2.75, 3.05) is 16.8 Å². The summed E-state index contributed by atoms with van der Waals surface area (Å²) in [6, 6.07) is 15.6. The summed E-state index contributed by atoms with van der Waals surface area (Å²) in [5.41, 5.74) is 1.83. The van der Waals surface area contributed by atoms with E-state index in [2.05, 4.69) is 5.32 Å². The Labute approximate surface area is 198 Å². The Morgan fingerprint density at radius 3 is 2.42 bits per heavy atom. The van der Waals surface area contributed by atoms with Gasteiger partial charge in [0, 0.05) is 5.02 Å². The Morgan fingerprint density at radius 1 is 0.939 bits per heavy atom. The van der Waals surface area contributed by atoms with Gasteiger partial charge in [0.25, 0.3) is 17.7 Å². The first-order valence-electron chi connectivity index (χ1n) is 9.77. The van der Waals surface area contributed by atoms with E-state index in [1.165, 1.54) is 30.3 Å². The highest BCUT2D eigenvalue weighted by Gasteiger charge is 2.37. The molecule has 0 aromatic heterocycles. The molecule has 0 bridgehead atoms. The Balaban J connectivity index is 1.46. The molecule has 0 unspecified atom stereocenters. The molecule has 9 heteroatoms. The van der Waals surface area contributed by atoms with E-state index in [1.807, 2.05) is 6.07 Å². The molecule has 3 aromatic carbocycles. The molecule has 0 aliphatic carbocycles. The van der Waals surface area contributed by atoms with Crippen molar-refractivity contribution in [1.29, 1.82) is 0 Å². The number of hydrogen-bond acceptors (Lipinski definition) is 5. The minimum Gasteiger partial charge on any atom is -0.452 e. The van der Waals surface area contributed by atoms with Crippen LogP contribution in [0.2, 0.25) is 10.0 Å². The van der Waals surface area contributed by atoms with Gasteiger partial charge in [-0.25, -0.2) is 9.69 Å². The van der Waals surface area contributed by atoms with Gasteiger partial charge in [-0.3, -0.25) is 14.4 Å². The monoisotopic (exact) mass is 482 g/mol. The van der Waals surface area contributed by atoms with Crippen molar-refractivity contribution >= 4 is 58.3 Å². The van der Waals surface area contributed by atoms with Gasteiger partial charge in [-0.05, 0) is 55.0 Å². The third-order valence-electron chi connectivity index (χ3n) is 5.02. The van der Waals surface area contributed by atoms with Gasteiger partial charge in [0.15, 0.2) is 6.61 Å². The van der Waals surface area contributed by atoms with Crippen LogP contribution in [-0.2, 0) is 9.53 Å². The Kier molecular flexibility index (Phi) is 6.18. The van der Waals surface area contributed by atoms with Crippen LogP contribution in [0.3, 0.4) is 0 Å². The lowest BCUT2D eigenvalue weighted by Gasteiger charge is -2.16. The lowest BCUT2D eigenvalue weighted by Crippen LogP contribution is -2.29. The third kappa shape index (κ3) is 4.46. The zero-order valence-corrected chi connectivity index (χ0v) is 18.7. The molecular weight excluding hydrogens is 467 g/mol. The SMILES string of the molecule is Cc1ccccc1N1C(=O)c2ccc(C(=O)OCC(=O)Nc3cc(Cl)ccc3Cl)cc2C1=O. The van der Waals surface area contributed by atoms with Crippen LogP contribution in [0.1, 0.15) is 36.6 Å². The lowest BCUT2D eigenvalue weighted by molar-refractivity contribution is -0.119. The topological polar surface area (TPSA) is 92.8 Å². The van der Waals surface area contributed by atoms with Crippen LogP contribution in [-0.4, -0.2) is 30.3 Å². The van der Waals surface area contributed by atoms with Gasteiger partial charge in [0.2, 0.25) is 0 Å². The number of aryl methyl sites for hydroxylation is 1. The summed E-state index contributed by atoms with van der Waals surface area (Å²) >= 11 is 11.9. The fourth-order valence-electron chi connectivity index (χ4n) is 3.39. The number of para-hydroxylation sites is 1. The summed E-state index contributed by atoms with van der Waals surface area (Å²) in [6.45, 7) is 1.21. The molecule has 0 saturated heterocycles. The van der Waals surface area contributed by atoms with Crippen molar-refractivity contribution in [2.45, 2.75) is 6.92 Å². The smallest absolute Gasteiger partial charge is 0.338 e. The van der Waals surface area contributed by atoms with E-state index in [0.717, 1.165) is 10.5 Å². The van der Waals surface area contributed by atoms with Crippen LogP contribution < -0.4 is 10.2 Å². The number of carbonyl (C=O) groups excluding carboxylic acids is 4. The van der Waals surface area contributed by atoms with Crippen molar-refractivity contribution in [2.24, 2.45) is 0 Å². The molecule has 0 spiro atoms. The molecule has 1 N–H and O–H groups in total. The first kappa shape index (κ1) is 22.5. The van der Waals surface area contributed by atoms with Crippen molar-refractivity contribution in [3.05, 3.63) is 93.0 Å². The molecule has 166 valence electrons. The number of ether oxygens (including phenoxy) is 1. The molecule has 0 radical (unpaired) electrons. The Morgan fingerprint density at radius 2 is 1.67 bits per heavy atom. The third-order valence-corrected chi connectivity index (χ3v) is 5.58. The summed E-state index contributed by atoms with van der Waals surface area (Å²) in [7, 11) is 0. The quantitative estimate of drug-likeness (QED) is 0.412. The normalized spacial score (nSPS) is 12.5. The highest BCUT2D eigenvalue weighted by molar-refractivity contribution is 6.36. The molecule has 0 fully saturated rings. The van der Waals surface area contributed by atoms with Crippen LogP contribution in [0.25, 0.3) is 0 Å². The summed E-state index contributed by atoms with van der Waals surface area (Å²) in [4.78, 5) is 51.4. The van der Waals surface area contributed by atoms with Gasteiger partial charge in [-0.15, -0.1) is 0 Å². The maximum Gasteiger partial charge on any atom is 0.338 e. The maximum atomic E-state index is 12.9. The van der Waals surface area contributed by atoms with E-state index >= 15 is 0 Å². The molecule has 0 saturated carbocycles. The Bertz CT molecular complexity index is 1320. The van der Waals surface area contributed by atoms with Crippen molar-refractivity contribution in [3.8, 4) is 0 Å². The van der Waals surface area contributed by atoms with E-state index < -0.39 is 30.3 Å². The molecule has 3 aromatic rings. The van der Waals surface area contributed by atoms with Gasteiger partial charge < -0.3 is 10.1 Å². The molecule has 1 aliphatic heterocycles.